The number of carbonyl (C=O) groups excluding carboxylic acids is 2. The number of amides is 2. The molecule has 0 atom stereocenters. The van der Waals surface area contributed by atoms with E-state index in [9.17, 15) is 9.59 Å². The van der Waals surface area contributed by atoms with E-state index in [1.165, 1.54) is 6.42 Å². The second kappa shape index (κ2) is 7.78. The molecule has 5 heteroatoms. The van der Waals surface area contributed by atoms with Crippen LogP contribution in [0.25, 0.3) is 0 Å². The van der Waals surface area contributed by atoms with Crippen molar-refractivity contribution in [1.82, 2.24) is 14.7 Å². The van der Waals surface area contributed by atoms with Gasteiger partial charge in [0.2, 0.25) is 11.8 Å². The molecular formula is C16H29N3O2. The lowest BCUT2D eigenvalue weighted by Gasteiger charge is -2.31. The Labute approximate surface area is 128 Å². The zero-order valence-electron chi connectivity index (χ0n) is 13.5. The van der Waals surface area contributed by atoms with Gasteiger partial charge in [-0.05, 0) is 33.1 Å². The molecule has 0 N–H and O–H groups in total. The fraction of sp³-hybridized carbons (Fsp3) is 0.875. The molecule has 0 bridgehead atoms. The number of hydrogen-bond donors (Lipinski definition) is 0. The molecule has 0 aromatic rings. The zero-order valence-corrected chi connectivity index (χ0v) is 13.5. The highest BCUT2D eigenvalue weighted by Gasteiger charge is 2.30. The Kier molecular flexibility index (Phi) is 6.03. The summed E-state index contributed by atoms with van der Waals surface area (Å²) in [6, 6.07) is 0. The molecule has 2 rings (SSSR count). The van der Waals surface area contributed by atoms with Gasteiger partial charge < -0.3 is 9.80 Å². The van der Waals surface area contributed by atoms with Gasteiger partial charge in [-0.2, -0.15) is 0 Å². The maximum atomic E-state index is 12.3. The average Bonchev–Trinajstić information content (AvgIpc) is 2.63. The van der Waals surface area contributed by atoms with Crippen molar-refractivity contribution in [2.24, 2.45) is 5.92 Å². The van der Waals surface area contributed by atoms with Gasteiger partial charge in [0, 0.05) is 45.2 Å². The summed E-state index contributed by atoms with van der Waals surface area (Å²) in [5.41, 5.74) is 0. The van der Waals surface area contributed by atoms with Crippen LogP contribution in [0.3, 0.4) is 0 Å². The molecule has 0 aromatic heterocycles. The maximum absolute atomic E-state index is 12.3. The second-order valence-electron chi connectivity index (χ2n) is 6.15. The third-order valence-electron chi connectivity index (χ3n) is 4.83. The molecular weight excluding hydrogens is 266 g/mol. The maximum Gasteiger partial charge on any atom is 0.236 e. The molecule has 1 heterocycles. The van der Waals surface area contributed by atoms with Gasteiger partial charge in [-0.1, -0.05) is 6.42 Å². The first-order valence-corrected chi connectivity index (χ1v) is 8.44. The van der Waals surface area contributed by atoms with E-state index in [1.807, 2.05) is 23.6 Å². The summed E-state index contributed by atoms with van der Waals surface area (Å²) in [4.78, 5) is 30.6. The van der Waals surface area contributed by atoms with Gasteiger partial charge >= 0.3 is 0 Å². The van der Waals surface area contributed by atoms with Gasteiger partial charge in [-0.25, -0.2) is 0 Å². The van der Waals surface area contributed by atoms with Gasteiger partial charge in [0.25, 0.3) is 0 Å². The summed E-state index contributed by atoms with van der Waals surface area (Å²) < 4.78 is 0. The second-order valence-corrected chi connectivity index (χ2v) is 6.15. The van der Waals surface area contributed by atoms with Crippen molar-refractivity contribution in [2.45, 2.75) is 39.5 Å². The molecule has 2 amide bonds. The van der Waals surface area contributed by atoms with Gasteiger partial charge in [-0.3, -0.25) is 14.5 Å². The molecule has 1 aliphatic carbocycles. The molecule has 5 nitrogen and oxygen atoms in total. The summed E-state index contributed by atoms with van der Waals surface area (Å²) in [5.74, 6) is 0.839. The Hall–Kier alpha value is -1.10. The monoisotopic (exact) mass is 295 g/mol. The van der Waals surface area contributed by atoms with E-state index in [0.717, 1.165) is 58.5 Å². The van der Waals surface area contributed by atoms with Crippen LogP contribution in [0.4, 0.5) is 0 Å². The first kappa shape index (κ1) is 16.3. The molecule has 120 valence electrons. The summed E-state index contributed by atoms with van der Waals surface area (Å²) in [5, 5.41) is 0. The molecule has 1 aliphatic heterocycles. The molecule has 0 radical (unpaired) electrons. The normalized spacial score (nSPS) is 20.8. The molecule has 0 spiro atoms. The minimum atomic E-state index is 0.207. The Bertz CT molecular complexity index is 365. The molecule has 1 saturated heterocycles. The van der Waals surface area contributed by atoms with E-state index >= 15 is 0 Å². The Morgan fingerprint density at radius 3 is 2.29 bits per heavy atom. The Morgan fingerprint density at radius 2 is 1.71 bits per heavy atom. The van der Waals surface area contributed by atoms with Crippen LogP contribution in [0.2, 0.25) is 0 Å². The number of rotatable bonds is 5. The standard InChI is InChI=1S/C16H29N3O2/c1-3-18(4-2)15(20)13-17-9-6-10-19(12-11-17)16(21)14-7-5-8-14/h14H,3-13H2,1-2H3. The third kappa shape index (κ3) is 4.19. The van der Waals surface area contributed by atoms with Crippen LogP contribution in [-0.2, 0) is 9.59 Å². The lowest BCUT2D eigenvalue weighted by Crippen LogP contribution is -2.43. The van der Waals surface area contributed by atoms with Crippen LogP contribution in [0.15, 0.2) is 0 Å². The highest BCUT2D eigenvalue weighted by molar-refractivity contribution is 5.80. The fourth-order valence-electron chi connectivity index (χ4n) is 3.13. The van der Waals surface area contributed by atoms with E-state index in [4.69, 9.17) is 0 Å². The molecule has 0 unspecified atom stereocenters. The van der Waals surface area contributed by atoms with Crippen molar-refractivity contribution in [2.75, 3.05) is 45.8 Å². The highest BCUT2D eigenvalue weighted by Crippen LogP contribution is 2.28. The largest absolute Gasteiger partial charge is 0.342 e. The van der Waals surface area contributed by atoms with E-state index in [0.29, 0.717) is 12.5 Å². The summed E-state index contributed by atoms with van der Waals surface area (Å²) >= 11 is 0. The molecule has 0 aromatic carbocycles. The fourth-order valence-corrected chi connectivity index (χ4v) is 3.13. The van der Waals surface area contributed by atoms with Gasteiger partial charge in [-0.15, -0.1) is 0 Å². The predicted octanol–water partition coefficient (Wildman–Crippen LogP) is 1.19. The van der Waals surface area contributed by atoms with Crippen LogP contribution in [0.1, 0.15) is 39.5 Å². The third-order valence-corrected chi connectivity index (χ3v) is 4.83. The van der Waals surface area contributed by atoms with Crippen LogP contribution < -0.4 is 0 Å². The van der Waals surface area contributed by atoms with Gasteiger partial charge in [0.15, 0.2) is 0 Å². The van der Waals surface area contributed by atoms with Crippen molar-refractivity contribution in [1.29, 1.82) is 0 Å². The topological polar surface area (TPSA) is 43.9 Å². The Morgan fingerprint density at radius 1 is 1.00 bits per heavy atom. The first-order chi connectivity index (χ1) is 10.2. The van der Waals surface area contributed by atoms with Crippen LogP contribution >= 0.6 is 0 Å². The number of hydrogen-bond acceptors (Lipinski definition) is 3. The van der Waals surface area contributed by atoms with Crippen molar-refractivity contribution in [3.8, 4) is 0 Å². The number of nitrogens with zero attached hydrogens (tertiary/aromatic N) is 3. The van der Waals surface area contributed by atoms with Crippen LogP contribution in [0.5, 0.6) is 0 Å². The van der Waals surface area contributed by atoms with E-state index in [2.05, 4.69) is 4.90 Å². The molecule has 21 heavy (non-hydrogen) atoms. The van der Waals surface area contributed by atoms with Crippen molar-refractivity contribution >= 4 is 11.8 Å². The Balaban J connectivity index is 1.80. The number of carbonyl (C=O) groups is 2. The predicted molar refractivity (Wildman–Crippen MR) is 82.9 cm³/mol. The van der Waals surface area contributed by atoms with Gasteiger partial charge in [0.05, 0.1) is 6.54 Å². The lowest BCUT2D eigenvalue weighted by atomic mass is 9.84. The van der Waals surface area contributed by atoms with Crippen molar-refractivity contribution < 1.29 is 9.59 Å². The smallest absolute Gasteiger partial charge is 0.236 e. The minimum absolute atomic E-state index is 0.207. The summed E-state index contributed by atoms with van der Waals surface area (Å²) in [6.07, 6.45) is 4.32. The van der Waals surface area contributed by atoms with Crippen molar-refractivity contribution in [3.05, 3.63) is 0 Å². The average molecular weight is 295 g/mol. The van der Waals surface area contributed by atoms with Crippen LogP contribution in [-0.4, -0.2) is 72.3 Å². The van der Waals surface area contributed by atoms with E-state index in [1.54, 1.807) is 0 Å². The van der Waals surface area contributed by atoms with Crippen LogP contribution in [0, 0.1) is 5.92 Å². The highest BCUT2D eigenvalue weighted by atomic mass is 16.2. The quantitative estimate of drug-likeness (QED) is 0.765. The SMILES string of the molecule is CCN(CC)C(=O)CN1CCCN(C(=O)C2CCC2)CC1. The summed E-state index contributed by atoms with van der Waals surface area (Å²) in [7, 11) is 0. The molecule has 2 aliphatic rings. The summed E-state index contributed by atoms with van der Waals surface area (Å²) in [6.45, 7) is 9.45. The van der Waals surface area contributed by atoms with E-state index < -0.39 is 0 Å². The van der Waals surface area contributed by atoms with Crippen molar-refractivity contribution in [3.63, 3.8) is 0 Å². The minimum Gasteiger partial charge on any atom is -0.342 e. The lowest BCUT2D eigenvalue weighted by molar-refractivity contribution is -0.138. The van der Waals surface area contributed by atoms with Gasteiger partial charge in [0.1, 0.15) is 0 Å². The molecule has 2 fully saturated rings. The molecule has 1 saturated carbocycles. The number of likely N-dealkylation sites (N-methyl/N-ethyl adjacent to an activating group) is 1. The van der Waals surface area contributed by atoms with E-state index in [-0.39, 0.29) is 11.8 Å². The zero-order chi connectivity index (χ0) is 15.2. The first-order valence-electron chi connectivity index (χ1n) is 8.44.